The van der Waals surface area contributed by atoms with Gasteiger partial charge in [0.1, 0.15) is 0 Å². The lowest BCUT2D eigenvalue weighted by Gasteiger charge is -2.39. The van der Waals surface area contributed by atoms with Gasteiger partial charge in [-0.1, -0.05) is 19.8 Å². The Labute approximate surface area is 110 Å². The maximum absolute atomic E-state index is 6.14. The summed E-state index contributed by atoms with van der Waals surface area (Å²) in [4.78, 5) is 0. The minimum atomic E-state index is -0.0696. The van der Waals surface area contributed by atoms with Crippen molar-refractivity contribution in [2.75, 3.05) is 13.2 Å². The topological polar surface area (TPSA) is 53.1 Å². The van der Waals surface area contributed by atoms with Crippen molar-refractivity contribution in [2.24, 2.45) is 18.7 Å². The number of ether oxygens (including phenoxy) is 1. The third kappa shape index (κ3) is 3.33. The lowest BCUT2D eigenvalue weighted by Crippen LogP contribution is -2.44. The molecule has 1 aliphatic carbocycles. The Morgan fingerprint density at radius 2 is 2.44 bits per heavy atom. The minimum absolute atomic E-state index is 0.0696. The van der Waals surface area contributed by atoms with E-state index in [1.807, 2.05) is 24.1 Å². The van der Waals surface area contributed by atoms with Gasteiger partial charge in [-0.2, -0.15) is 5.10 Å². The van der Waals surface area contributed by atoms with Gasteiger partial charge in [0.25, 0.3) is 0 Å². The Kier molecular flexibility index (Phi) is 4.40. The summed E-state index contributed by atoms with van der Waals surface area (Å²) in [6, 6.07) is 0. The molecule has 1 aromatic heterocycles. The smallest absolute Gasteiger partial charge is 0.0806 e. The number of nitrogens with zero attached hydrogens (tertiary/aromatic N) is 2. The minimum Gasteiger partial charge on any atom is -0.373 e. The average Bonchev–Trinajstić information content (AvgIpc) is 2.75. The van der Waals surface area contributed by atoms with Gasteiger partial charge >= 0.3 is 0 Å². The molecule has 1 aromatic rings. The molecule has 1 fully saturated rings. The summed E-state index contributed by atoms with van der Waals surface area (Å²) >= 11 is 0. The summed E-state index contributed by atoms with van der Waals surface area (Å²) in [5, 5.41) is 4.17. The zero-order valence-corrected chi connectivity index (χ0v) is 11.6. The van der Waals surface area contributed by atoms with Crippen molar-refractivity contribution in [1.29, 1.82) is 0 Å². The lowest BCUT2D eigenvalue weighted by molar-refractivity contribution is -0.0730. The summed E-state index contributed by atoms with van der Waals surface area (Å²) < 4.78 is 7.97. The molecule has 0 saturated heterocycles. The van der Waals surface area contributed by atoms with E-state index in [0.717, 1.165) is 31.8 Å². The number of rotatable bonds is 5. The average molecular weight is 251 g/mol. The largest absolute Gasteiger partial charge is 0.373 e. The maximum atomic E-state index is 6.14. The fourth-order valence-corrected chi connectivity index (χ4v) is 2.97. The molecule has 1 heterocycles. The van der Waals surface area contributed by atoms with Gasteiger partial charge in [-0.15, -0.1) is 0 Å². The highest BCUT2D eigenvalue weighted by Gasteiger charge is 2.34. The molecule has 0 spiro atoms. The van der Waals surface area contributed by atoms with Gasteiger partial charge in [-0.3, -0.25) is 4.68 Å². The van der Waals surface area contributed by atoms with Crippen LogP contribution in [0.1, 0.15) is 38.2 Å². The molecular weight excluding hydrogens is 226 g/mol. The Hall–Kier alpha value is -0.870. The predicted molar refractivity (Wildman–Crippen MR) is 72.3 cm³/mol. The molecule has 0 radical (unpaired) electrons. The molecule has 1 aliphatic rings. The van der Waals surface area contributed by atoms with Crippen LogP contribution in [-0.2, 0) is 18.2 Å². The Bertz CT molecular complexity index is 377. The van der Waals surface area contributed by atoms with E-state index in [0.29, 0.717) is 6.54 Å². The molecule has 1 saturated carbocycles. The second-order valence-corrected chi connectivity index (χ2v) is 5.71. The first-order valence-electron chi connectivity index (χ1n) is 6.95. The van der Waals surface area contributed by atoms with Gasteiger partial charge in [0.2, 0.25) is 0 Å². The first-order chi connectivity index (χ1) is 8.63. The summed E-state index contributed by atoms with van der Waals surface area (Å²) in [5.41, 5.74) is 7.10. The fourth-order valence-electron chi connectivity index (χ4n) is 2.97. The van der Waals surface area contributed by atoms with Crippen LogP contribution in [-0.4, -0.2) is 28.5 Å². The van der Waals surface area contributed by atoms with Crippen molar-refractivity contribution in [1.82, 2.24) is 9.78 Å². The van der Waals surface area contributed by atoms with Crippen LogP contribution in [0.2, 0.25) is 0 Å². The van der Waals surface area contributed by atoms with E-state index in [4.69, 9.17) is 10.5 Å². The van der Waals surface area contributed by atoms with Crippen molar-refractivity contribution >= 4 is 0 Å². The SMILES string of the molecule is CC1CCCC(CN)(OCCc2cnn(C)c2)C1. The molecule has 2 rings (SSSR count). The van der Waals surface area contributed by atoms with Crippen molar-refractivity contribution in [3.8, 4) is 0 Å². The van der Waals surface area contributed by atoms with Crippen LogP contribution in [0.25, 0.3) is 0 Å². The normalized spacial score (nSPS) is 28.5. The molecule has 2 atom stereocenters. The second kappa shape index (κ2) is 5.85. The van der Waals surface area contributed by atoms with E-state index < -0.39 is 0 Å². The van der Waals surface area contributed by atoms with Gasteiger partial charge in [0, 0.05) is 19.8 Å². The van der Waals surface area contributed by atoms with Crippen LogP contribution in [0, 0.1) is 5.92 Å². The first-order valence-corrected chi connectivity index (χ1v) is 6.95. The standard InChI is InChI=1S/C14H25N3O/c1-12-4-3-6-14(8-12,11-15)18-7-5-13-9-16-17(2)10-13/h9-10,12H,3-8,11,15H2,1-2H3. The molecule has 0 aromatic carbocycles. The second-order valence-electron chi connectivity index (χ2n) is 5.71. The van der Waals surface area contributed by atoms with E-state index in [1.165, 1.54) is 18.4 Å². The third-order valence-electron chi connectivity index (χ3n) is 3.98. The summed E-state index contributed by atoms with van der Waals surface area (Å²) in [6.45, 7) is 3.69. The quantitative estimate of drug-likeness (QED) is 0.869. The number of nitrogens with two attached hydrogens (primary N) is 1. The molecule has 2 N–H and O–H groups in total. The predicted octanol–water partition coefficient (Wildman–Crippen LogP) is 1.89. The van der Waals surface area contributed by atoms with E-state index in [2.05, 4.69) is 12.0 Å². The Morgan fingerprint density at radius 3 is 3.06 bits per heavy atom. The van der Waals surface area contributed by atoms with Crippen molar-refractivity contribution in [3.05, 3.63) is 18.0 Å². The molecule has 18 heavy (non-hydrogen) atoms. The molecular formula is C14H25N3O. The van der Waals surface area contributed by atoms with Crippen LogP contribution < -0.4 is 5.73 Å². The van der Waals surface area contributed by atoms with Crippen LogP contribution >= 0.6 is 0 Å². The number of hydrogen-bond acceptors (Lipinski definition) is 3. The highest BCUT2D eigenvalue weighted by molar-refractivity contribution is 5.03. The third-order valence-corrected chi connectivity index (χ3v) is 3.98. The van der Waals surface area contributed by atoms with E-state index in [9.17, 15) is 0 Å². The van der Waals surface area contributed by atoms with Crippen LogP contribution in [0.5, 0.6) is 0 Å². The first kappa shape index (κ1) is 13.6. The monoisotopic (exact) mass is 251 g/mol. The molecule has 102 valence electrons. The van der Waals surface area contributed by atoms with Gasteiger partial charge in [-0.05, 0) is 30.7 Å². The van der Waals surface area contributed by atoms with Gasteiger partial charge in [-0.25, -0.2) is 0 Å². The van der Waals surface area contributed by atoms with Crippen LogP contribution in [0.4, 0.5) is 0 Å². The maximum Gasteiger partial charge on any atom is 0.0806 e. The van der Waals surface area contributed by atoms with Gasteiger partial charge in [0.05, 0.1) is 18.4 Å². The van der Waals surface area contributed by atoms with Crippen molar-refractivity contribution in [2.45, 2.75) is 44.6 Å². The summed E-state index contributed by atoms with van der Waals surface area (Å²) in [7, 11) is 1.94. The van der Waals surface area contributed by atoms with Crippen molar-refractivity contribution in [3.63, 3.8) is 0 Å². The highest BCUT2D eigenvalue weighted by Crippen LogP contribution is 2.34. The number of hydrogen-bond donors (Lipinski definition) is 1. The zero-order chi connectivity index (χ0) is 13.0. The number of aromatic nitrogens is 2. The molecule has 0 amide bonds. The fraction of sp³-hybridized carbons (Fsp3) is 0.786. The van der Waals surface area contributed by atoms with Crippen LogP contribution in [0.3, 0.4) is 0 Å². The molecule has 0 bridgehead atoms. The van der Waals surface area contributed by atoms with E-state index in [-0.39, 0.29) is 5.60 Å². The lowest BCUT2D eigenvalue weighted by atomic mass is 9.79. The molecule has 4 nitrogen and oxygen atoms in total. The van der Waals surface area contributed by atoms with Gasteiger partial charge < -0.3 is 10.5 Å². The molecule has 2 unspecified atom stereocenters. The van der Waals surface area contributed by atoms with Crippen LogP contribution in [0.15, 0.2) is 12.4 Å². The van der Waals surface area contributed by atoms with E-state index in [1.54, 1.807) is 0 Å². The number of aryl methyl sites for hydroxylation is 1. The molecule has 4 heteroatoms. The van der Waals surface area contributed by atoms with Gasteiger partial charge in [0.15, 0.2) is 0 Å². The Balaban J connectivity index is 1.83. The molecule has 0 aliphatic heterocycles. The zero-order valence-electron chi connectivity index (χ0n) is 11.6. The Morgan fingerprint density at radius 1 is 1.61 bits per heavy atom. The van der Waals surface area contributed by atoms with Crippen molar-refractivity contribution < 1.29 is 4.74 Å². The highest BCUT2D eigenvalue weighted by atomic mass is 16.5. The van der Waals surface area contributed by atoms with E-state index >= 15 is 0 Å². The summed E-state index contributed by atoms with van der Waals surface area (Å²) in [6.07, 6.45) is 9.64. The summed E-state index contributed by atoms with van der Waals surface area (Å²) in [5.74, 6) is 0.737.